The van der Waals surface area contributed by atoms with E-state index in [1.165, 1.54) is 5.56 Å². The fourth-order valence-electron chi connectivity index (χ4n) is 3.95. The summed E-state index contributed by atoms with van der Waals surface area (Å²) >= 11 is 11.8. The van der Waals surface area contributed by atoms with E-state index in [-0.39, 0.29) is 12.1 Å². The minimum Gasteiger partial charge on any atom is -0.459 e. The van der Waals surface area contributed by atoms with Gasteiger partial charge in [0.15, 0.2) is 5.11 Å². The minimum atomic E-state index is -0.122. The lowest BCUT2D eigenvalue weighted by molar-refractivity contribution is 0.269. The Bertz CT molecular complexity index is 1180. The molecule has 0 spiro atoms. The Morgan fingerprint density at radius 2 is 1.71 bits per heavy atom. The van der Waals surface area contributed by atoms with Gasteiger partial charge in [-0.15, -0.1) is 0 Å². The quantitative estimate of drug-likeness (QED) is 0.372. The number of rotatable bonds is 5. The molecule has 5 rings (SSSR count). The molecule has 1 saturated heterocycles. The summed E-state index contributed by atoms with van der Waals surface area (Å²) in [5.41, 5.74) is 3.09. The highest BCUT2D eigenvalue weighted by atomic mass is 35.5. The number of aromatic nitrogens is 1. The van der Waals surface area contributed by atoms with E-state index in [0.717, 1.165) is 22.8 Å². The lowest BCUT2D eigenvalue weighted by atomic mass is 10.0. The molecule has 2 atom stereocenters. The highest BCUT2D eigenvalue weighted by molar-refractivity contribution is 7.80. The van der Waals surface area contributed by atoms with Gasteiger partial charge in [-0.2, -0.15) is 0 Å². The molecule has 2 unspecified atom stereocenters. The van der Waals surface area contributed by atoms with Crippen molar-refractivity contribution in [2.24, 2.45) is 0 Å². The molecule has 0 saturated carbocycles. The molecule has 0 bridgehead atoms. The first-order valence-corrected chi connectivity index (χ1v) is 10.9. The normalized spacial score (nSPS) is 18.2. The van der Waals surface area contributed by atoms with Crippen molar-refractivity contribution in [3.8, 4) is 11.3 Å². The number of nitrogens with one attached hydrogen (secondary N) is 1. The summed E-state index contributed by atoms with van der Waals surface area (Å²) in [6.07, 6.45) is 1.80. The maximum Gasteiger partial charge on any atom is 0.170 e. The van der Waals surface area contributed by atoms with Crippen molar-refractivity contribution in [1.29, 1.82) is 0 Å². The van der Waals surface area contributed by atoms with Crippen molar-refractivity contribution in [2.75, 3.05) is 0 Å². The van der Waals surface area contributed by atoms with Gasteiger partial charge in [0.25, 0.3) is 0 Å². The van der Waals surface area contributed by atoms with Crippen LogP contribution in [0.5, 0.6) is 0 Å². The van der Waals surface area contributed by atoms with Gasteiger partial charge in [-0.1, -0.05) is 48.0 Å². The zero-order valence-corrected chi connectivity index (χ0v) is 18.2. The molecular formula is C25H20ClN3OS. The summed E-state index contributed by atoms with van der Waals surface area (Å²) < 4.78 is 6.35. The summed E-state index contributed by atoms with van der Waals surface area (Å²) in [6, 6.07) is 27.7. The summed E-state index contributed by atoms with van der Waals surface area (Å²) in [6.45, 7) is 0.678. The summed E-state index contributed by atoms with van der Waals surface area (Å²) in [5.74, 6) is 1.63. The molecule has 4 aromatic rings. The van der Waals surface area contributed by atoms with Crippen molar-refractivity contribution >= 4 is 28.9 Å². The van der Waals surface area contributed by atoms with E-state index < -0.39 is 0 Å². The number of hydrogen-bond acceptors (Lipinski definition) is 3. The van der Waals surface area contributed by atoms with Gasteiger partial charge >= 0.3 is 0 Å². The van der Waals surface area contributed by atoms with E-state index in [9.17, 15) is 0 Å². The van der Waals surface area contributed by atoms with Crippen LogP contribution in [-0.4, -0.2) is 15.0 Å². The van der Waals surface area contributed by atoms with Crippen molar-refractivity contribution in [3.63, 3.8) is 0 Å². The van der Waals surface area contributed by atoms with Crippen molar-refractivity contribution in [3.05, 3.63) is 113 Å². The number of hydrogen-bond donors (Lipinski definition) is 1. The van der Waals surface area contributed by atoms with Crippen LogP contribution in [0.2, 0.25) is 5.02 Å². The summed E-state index contributed by atoms with van der Waals surface area (Å²) in [5, 5.41) is 4.85. The number of thiocarbonyl (C=S) groups is 1. The maximum atomic E-state index is 6.35. The third kappa shape index (κ3) is 4.07. The van der Waals surface area contributed by atoms with Crippen LogP contribution >= 0.6 is 23.8 Å². The van der Waals surface area contributed by atoms with E-state index in [4.69, 9.17) is 28.2 Å². The van der Waals surface area contributed by atoms with Crippen LogP contribution in [0, 0.1) is 0 Å². The molecule has 4 nitrogen and oxygen atoms in total. The Kier molecular flexibility index (Phi) is 5.45. The van der Waals surface area contributed by atoms with Gasteiger partial charge in [-0.05, 0) is 66.3 Å². The van der Waals surface area contributed by atoms with Crippen LogP contribution in [0.1, 0.15) is 29.1 Å². The van der Waals surface area contributed by atoms with E-state index in [0.29, 0.717) is 16.7 Å². The molecule has 2 aromatic carbocycles. The van der Waals surface area contributed by atoms with Crippen LogP contribution in [0.25, 0.3) is 11.3 Å². The highest BCUT2D eigenvalue weighted by Gasteiger charge is 2.41. The Hall–Kier alpha value is -3.15. The standard InChI is InChI=1S/C25H20ClN3OS/c26-19-11-9-18(10-12-19)21-13-14-22(30-21)24-23(20-8-4-5-15-27-20)28-25(31)29(24)16-17-6-2-1-3-7-17/h1-15,23-24H,16H2,(H,28,31). The fraction of sp³-hybridized carbons (Fsp3) is 0.120. The van der Waals surface area contributed by atoms with E-state index in [2.05, 4.69) is 27.3 Å². The lowest BCUT2D eigenvalue weighted by Gasteiger charge is -2.26. The van der Waals surface area contributed by atoms with Crippen LogP contribution in [-0.2, 0) is 6.54 Å². The van der Waals surface area contributed by atoms with Crippen LogP contribution < -0.4 is 5.32 Å². The predicted octanol–water partition coefficient (Wildman–Crippen LogP) is 6.17. The molecule has 3 heterocycles. The van der Waals surface area contributed by atoms with Gasteiger partial charge in [0.1, 0.15) is 17.6 Å². The molecule has 1 N–H and O–H groups in total. The van der Waals surface area contributed by atoms with Gasteiger partial charge in [0.2, 0.25) is 0 Å². The fourth-order valence-corrected chi connectivity index (χ4v) is 4.38. The minimum absolute atomic E-state index is 0.110. The summed E-state index contributed by atoms with van der Waals surface area (Å²) in [4.78, 5) is 6.76. The second-order valence-electron chi connectivity index (χ2n) is 7.45. The first kappa shape index (κ1) is 19.8. The Balaban J connectivity index is 1.53. The van der Waals surface area contributed by atoms with Crippen LogP contribution in [0.3, 0.4) is 0 Å². The average molecular weight is 446 g/mol. The van der Waals surface area contributed by atoms with Gasteiger partial charge in [0, 0.05) is 23.3 Å². The van der Waals surface area contributed by atoms with Gasteiger partial charge in [-0.25, -0.2) is 0 Å². The van der Waals surface area contributed by atoms with Gasteiger partial charge < -0.3 is 14.6 Å². The molecule has 1 fully saturated rings. The van der Waals surface area contributed by atoms with Crippen molar-refractivity contribution in [2.45, 2.75) is 18.6 Å². The third-order valence-electron chi connectivity index (χ3n) is 5.44. The topological polar surface area (TPSA) is 41.3 Å². The molecule has 154 valence electrons. The van der Waals surface area contributed by atoms with Crippen molar-refractivity contribution in [1.82, 2.24) is 15.2 Å². The molecule has 1 aliphatic heterocycles. The molecule has 31 heavy (non-hydrogen) atoms. The van der Waals surface area contributed by atoms with E-state index in [1.54, 1.807) is 6.20 Å². The molecule has 0 amide bonds. The zero-order chi connectivity index (χ0) is 21.2. The smallest absolute Gasteiger partial charge is 0.170 e. The number of furan rings is 1. The van der Waals surface area contributed by atoms with E-state index >= 15 is 0 Å². The van der Waals surface area contributed by atoms with E-state index in [1.807, 2.05) is 72.8 Å². The largest absolute Gasteiger partial charge is 0.459 e. The van der Waals surface area contributed by atoms with Gasteiger partial charge in [0.05, 0.1) is 11.7 Å². The molecular weight excluding hydrogens is 426 g/mol. The second kappa shape index (κ2) is 8.53. The zero-order valence-electron chi connectivity index (χ0n) is 16.6. The number of halogens is 1. The lowest BCUT2D eigenvalue weighted by Crippen LogP contribution is -2.29. The molecule has 0 aliphatic carbocycles. The Morgan fingerprint density at radius 3 is 2.45 bits per heavy atom. The maximum absolute atomic E-state index is 6.35. The first-order valence-electron chi connectivity index (χ1n) is 10.1. The van der Waals surface area contributed by atoms with Crippen LogP contribution in [0.15, 0.2) is 95.5 Å². The predicted molar refractivity (Wildman–Crippen MR) is 127 cm³/mol. The molecule has 1 aliphatic rings. The molecule has 6 heteroatoms. The first-order chi connectivity index (χ1) is 15.2. The number of pyridine rings is 1. The molecule has 2 aromatic heterocycles. The van der Waals surface area contributed by atoms with Crippen molar-refractivity contribution < 1.29 is 4.42 Å². The molecule has 0 radical (unpaired) electrons. The monoisotopic (exact) mass is 445 g/mol. The van der Waals surface area contributed by atoms with Crippen LogP contribution in [0.4, 0.5) is 0 Å². The number of benzene rings is 2. The Labute approximate surface area is 191 Å². The highest BCUT2D eigenvalue weighted by Crippen LogP contribution is 2.41. The number of nitrogens with zero attached hydrogens (tertiary/aromatic N) is 2. The summed E-state index contributed by atoms with van der Waals surface area (Å²) in [7, 11) is 0. The second-order valence-corrected chi connectivity index (χ2v) is 8.27. The van der Waals surface area contributed by atoms with Gasteiger partial charge in [-0.3, -0.25) is 4.98 Å². The SMILES string of the molecule is S=C1NC(c2ccccn2)C(c2ccc(-c3ccc(Cl)cc3)o2)N1Cc1ccccc1. The third-order valence-corrected chi connectivity index (χ3v) is 6.04. The average Bonchev–Trinajstić information content (AvgIpc) is 3.41. The Morgan fingerprint density at radius 1 is 0.935 bits per heavy atom.